The van der Waals surface area contributed by atoms with E-state index in [1.165, 1.54) is 5.01 Å². The van der Waals surface area contributed by atoms with E-state index in [4.69, 9.17) is 11.6 Å². The summed E-state index contributed by atoms with van der Waals surface area (Å²) in [5.74, 6) is -2.59. The first-order valence-electron chi connectivity index (χ1n) is 8.05. The number of rotatable bonds is 4. The molecule has 0 N–H and O–H groups in total. The maximum Gasteiger partial charge on any atom is 0.256 e. The van der Waals surface area contributed by atoms with Crippen molar-refractivity contribution >= 4 is 28.9 Å². The van der Waals surface area contributed by atoms with Crippen molar-refractivity contribution in [2.24, 2.45) is 16.9 Å². The molecule has 1 amide bonds. The van der Waals surface area contributed by atoms with Gasteiger partial charge in [0.2, 0.25) is 0 Å². The van der Waals surface area contributed by atoms with E-state index in [0.717, 1.165) is 0 Å². The first kappa shape index (κ1) is 17.7. The van der Waals surface area contributed by atoms with Crippen LogP contribution >= 0.6 is 11.6 Å². The van der Waals surface area contributed by atoms with Gasteiger partial charge in [0.25, 0.3) is 5.91 Å². The topological polar surface area (TPSA) is 80.2 Å². The number of halogens is 1. The van der Waals surface area contributed by atoms with Gasteiger partial charge in [-0.2, -0.15) is 15.6 Å². The zero-order chi connectivity index (χ0) is 18.7. The molecule has 1 aliphatic rings. The standard InChI is InChI=1S/C20H15ClN4O/c1-13-18(20(26)25(24-13)17-8-3-2-4-9-17)19(15(11-22)12-23)14-6-5-7-16(21)10-14/h2-10,15,18-19H,1H3/t18-,19+/m0/s1. The second-order valence-electron chi connectivity index (χ2n) is 6.02. The molecule has 0 fully saturated rings. The second-order valence-corrected chi connectivity index (χ2v) is 6.46. The van der Waals surface area contributed by atoms with Crippen molar-refractivity contribution in [3.8, 4) is 12.1 Å². The minimum Gasteiger partial charge on any atom is -0.272 e. The maximum absolute atomic E-state index is 13.1. The van der Waals surface area contributed by atoms with E-state index in [2.05, 4.69) is 5.10 Å². The van der Waals surface area contributed by atoms with E-state index >= 15 is 0 Å². The number of amides is 1. The van der Waals surface area contributed by atoms with Crippen molar-refractivity contribution < 1.29 is 4.79 Å². The average Bonchev–Trinajstić information content (AvgIpc) is 2.95. The van der Waals surface area contributed by atoms with E-state index in [1.807, 2.05) is 30.3 Å². The van der Waals surface area contributed by atoms with Gasteiger partial charge < -0.3 is 0 Å². The highest BCUT2D eigenvalue weighted by molar-refractivity contribution is 6.30. The predicted molar refractivity (Wildman–Crippen MR) is 99.4 cm³/mol. The predicted octanol–water partition coefficient (Wildman–Crippen LogP) is 4.13. The van der Waals surface area contributed by atoms with Crippen molar-refractivity contribution in [3.63, 3.8) is 0 Å². The zero-order valence-corrected chi connectivity index (χ0v) is 14.8. The minimum atomic E-state index is -0.997. The lowest BCUT2D eigenvalue weighted by molar-refractivity contribution is -0.120. The van der Waals surface area contributed by atoms with Crippen molar-refractivity contribution in [1.29, 1.82) is 10.5 Å². The number of hydrogen-bond acceptors (Lipinski definition) is 4. The summed E-state index contributed by atoms with van der Waals surface area (Å²) in [7, 11) is 0. The van der Waals surface area contributed by atoms with Gasteiger partial charge in [-0.25, -0.2) is 5.01 Å². The molecule has 0 spiro atoms. The smallest absolute Gasteiger partial charge is 0.256 e. The molecule has 0 saturated carbocycles. The van der Waals surface area contributed by atoms with Gasteiger partial charge in [-0.1, -0.05) is 41.9 Å². The molecule has 2 aromatic rings. The van der Waals surface area contributed by atoms with Crippen molar-refractivity contribution in [1.82, 2.24) is 0 Å². The Morgan fingerprint density at radius 2 is 1.81 bits per heavy atom. The molecule has 0 unspecified atom stereocenters. The van der Waals surface area contributed by atoms with Crippen LogP contribution in [-0.2, 0) is 4.79 Å². The number of hydrogen-bond donors (Lipinski definition) is 0. The molecule has 1 aliphatic heterocycles. The molecular weight excluding hydrogens is 348 g/mol. The Hall–Kier alpha value is -3.15. The number of anilines is 1. The van der Waals surface area contributed by atoms with Crippen LogP contribution in [0.15, 0.2) is 59.7 Å². The fourth-order valence-corrected chi connectivity index (χ4v) is 3.43. The number of carbonyl (C=O) groups excluding carboxylic acids is 1. The number of carbonyl (C=O) groups is 1. The highest BCUT2D eigenvalue weighted by atomic mass is 35.5. The van der Waals surface area contributed by atoms with E-state index in [1.54, 1.807) is 43.3 Å². The van der Waals surface area contributed by atoms with Crippen LogP contribution in [-0.4, -0.2) is 11.6 Å². The van der Waals surface area contributed by atoms with Gasteiger partial charge in [-0.3, -0.25) is 4.79 Å². The first-order chi connectivity index (χ1) is 12.6. The summed E-state index contributed by atoms with van der Waals surface area (Å²) >= 11 is 6.09. The summed E-state index contributed by atoms with van der Waals surface area (Å²) < 4.78 is 0. The van der Waals surface area contributed by atoms with Crippen LogP contribution in [0.4, 0.5) is 5.69 Å². The number of para-hydroxylation sites is 1. The molecular formula is C20H15ClN4O. The maximum atomic E-state index is 13.1. The van der Waals surface area contributed by atoms with Gasteiger partial charge in [0.05, 0.1) is 23.7 Å². The molecule has 5 nitrogen and oxygen atoms in total. The molecule has 128 valence electrons. The van der Waals surface area contributed by atoms with Crippen LogP contribution in [0.2, 0.25) is 5.02 Å². The fraction of sp³-hybridized carbons (Fsp3) is 0.200. The van der Waals surface area contributed by atoms with Crippen molar-refractivity contribution in [3.05, 3.63) is 65.2 Å². The largest absolute Gasteiger partial charge is 0.272 e. The van der Waals surface area contributed by atoms with Crippen LogP contribution in [0.5, 0.6) is 0 Å². The molecule has 0 saturated heterocycles. The van der Waals surface area contributed by atoms with Crippen LogP contribution in [0.25, 0.3) is 0 Å². The number of nitrogens with zero attached hydrogens (tertiary/aromatic N) is 4. The quantitative estimate of drug-likeness (QED) is 0.820. The SMILES string of the molecule is CC1=NN(c2ccccc2)C(=O)[C@@H]1[C@H](c1cccc(Cl)c1)C(C#N)C#N. The van der Waals surface area contributed by atoms with Crippen LogP contribution in [0, 0.1) is 34.5 Å². The summed E-state index contributed by atoms with van der Waals surface area (Å²) in [6.45, 7) is 1.74. The van der Waals surface area contributed by atoms with Crippen LogP contribution in [0.3, 0.4) is 0 Å². The molecule has 1 heterocycles. The van der Waals surface area contributed by atoms with Crippen molar-refractivity contribution in [2.75, 3.05) is 5.01 Å². The first-order valence-corrected chi connectivity index (χ1v) is 8.43. The summed E-state index contributed by atoms with van der Waals surface area (Å²) in [6, 6.07) is 20.0. The number of hydrazone groups is 1. The summed E-state index contributed by atoms with van der Waals surface area (Å²) in [5.41, 5.74) is 1.89. The molecule has 6 heteroatoms. The molecule has 2 aromatic carbocycles. The lowest BCUT2D eigenvalue weighted by Gasteiger charge is -2.24. The molecule has 0 aromatic heterocycles. The highest BCUT2D eigenvalue weighted by Gasteiger charge is 2.44. The zero-order valence-electron chi connectivity index (χ0n) is 14.0. The van der Waals surface area contributed by atoms with Gasteiger partial charge in [-0.15, -0.1) is 0 Å². The third-order valence-corrected chi connectivity index (χ3v) is 4.65. The van der Waals surface area contributed by atoms with Gasteiger partial charge in [-0.05, 0) is 36.8 Å². The lowest BCUT2D eigenvalue weighted by Crippen LogP contribution is -2.34. The Morgan fingerprint density at radius 3 is 2.42 bits per heavy atom. The molecule has 0 aliphatic carbocycles. The van der Waals surface area contributed by atoms with Gasteiger partial charge in [0.15, 0.2) is 0 Å². The van der Waals surface area contributed by atoms with E-state index in [-0.39, 0.29) is 5.91 Å². The monoisotopic (exact) mass is 362 g/mol. The molecule has 0 radical (unpaired) electrons. The fourth-order valence-electron chi connectivity index (χ4n) is 3.23. The van der Waals surface area contributed by atoms with E-state index in [9.17, 15) is 15.3 Å². The summed E-state index contributed by atoms with van der Waals surface area (Å²) in [4.78, 5) is 13.1. The highest BCUT2D eigenvalue weighted by Crippen LogP contribution is 2.39. The van der Waals surface area contributed by atoms with Gasteiger partial charge in [0.1, 0.15) is 5.92 Å². The van der Waals surface area contributed by atoms with E-state index in [0.29, 0.717) is 22.0 Å². The molecule has 2 atom stereocenters. The van der Waals surface area contributed by atoms with Gasteiger partial charge in [0, 0.05) is 16.7 Å². The van der Waals surface area contributed by atoms with E-state index < -0.39 is 17.8 Å². The summed E-state index contributed by atoms with van der Waals surface area (Å²) in [6.07, 6.45) is 0. The number of nitriles is 2. The third kappa shape index (κ3) is 3.18. The Morgan fingerprint density at radius 1 is 1.12 bits per heavy atom. The summed E-state index contributed by atoms with van der Waals surface area (Å²) in [5, 5.41) is 25.2. The van der Waals surface area contributed by atoms with Crippen LogP contribution < -0.4 is 5.01 Å². The third-order valence-electron chi connectivity index (χ3n) is 4.41. The normalized spacial score (nSPS) is 17.6. The van der Waals surface area contributed by atoms with Crippen LogP contribution in [0.1, 0.15) is 18.4 Å². The molecule has 3 rings (SSSR count). The second kappa shape index (κ2) is 7.39. The lowest BCUT2D eigenvalue weighted by atomic mass is 9.76. The Balaban J connectivity index is 2.05. The van der Waals surface area contributed by atoms with Gasteiger partial charge >= 0.3 is 0 Å². The Kier molecular flexibility index (Phi) is 5.02. The Labute approximate surface area is 156 Å². The van der Waals surface area contributed by atoms with Crippen molar-refractivity contribution in [2.45, 2.75) is 12.8 Å². The molecule has 26 heavy (non-hydrogen) atoms. The molecule has 0 bridgehead atoms. The number of benzene rings is 2. The Bertz CT molecular complexity index is 928. The minimum absolute atomic E-state index is 0.255. The average molecular weight is 363 g/mol.